The number of halogens is 2. The molecule has 13 nitrogen and oxygen atoms in total. The van der Waals surface area contributed by atoms with Crippen molar-refractivity contribution in [1.29, 1.82) is 0 Å². The fraction of sp³-hybridized carbons (Fsp3) is 0.239. The lowest BCUT2D eigenvalue weighted by Gasteiger charge is -2.32. The van der Waals surface area contributed by atoms with Gasteiger partial charge < -0.3 is 61.6 Å². The molecule has 0 amide bonds. The number of phenols is 2. The Bertz CT molecular complexity index is 5630. The highest BCUT2D eigenvalue weighted by atomic mass is 79.9. The smallest absolute Gasteiger partial charge is 0.498 e. The second-order valence-corrected chi connectivity index (χ2v) is 34.1. The molecule has 20 heteroatoms. The summed E-state index contributed by atoms with van der Waals surface area (Å²) >= 11 is 13.3. The molecule has 2 saturated heterocycles. The molecule has 9 aromatic carbocycles. The zero-order chi connectivity index (χ0) is 77.2. The lowest BCUT2D eigenvalue weighted by molar-refractivity contribution is -0.105. The molecule has 2 N–H and O–H groups in total. The SMILES string of the molecule is Brc1cscc1OCCCCOc1cscc1Br.Cc1cc(-c2cscc2OCCCCOc2cscc2-c2cc(C)cc(-n3c4ccccc4c4ccccc43)c2O)c(O)c(-n2c3ccccc3c3ccccc32)c1.Cc1cc(B2OC(C)(C)C(C)(C)O2)c(OC2CCCCO2)c(-n2c3ccccc3c3ccccc32)c1. The Morgan fingerprint density at radius 2 is 0.741 bits per heavy atom. The van der Waals surface area contributed by atoms with Crippen LogP contribution in [-0.4, -0.2) is 81.6 Å². The van der Waals surface area contributed by atoms with E-state index >= 15 is 0 Å². The zero-order valence-corrected chi connectivity index (χ0v) is 69.9. The highest BCUT2D eigenvalue weighted by Crippen LogP contribution is 2.48. The molecule has 0 radical (unpaired) electrons. The number of aromatic nitrogens is 3. The van der Waals surface area contributed by atoms with Gasteiger partial charge in [-0.15, -0.1) is 45.3 Å². The third kappa shape index (κ3) is 15.5. The number of ether oxygens (including phenoxy) is 6. The minimum atomic E-state index is -0.541. The monoisotopic (exact) mass is 1690 g/mol. The van der Waals surface area contributed by atoms with Gasteiger partial charge >= 0.3 is 7.12 Å². The summed E-state index contributed by atoms with van der Waals surface area (Å²) in [6, 6.07) is 62.9. The average Bonchev–Trinajstić information content (AvgIpc) is 1.61. The lowest BCUT2D eigenvalue weighted by Crippen LogP contribution is -2.41. The predicted octanol–water partition coefficient (Wildman–Crippen LogP) is 25.5. The van der Waals surface area contributed by atoms with Crippen LogP contribution >= 0.6 is 77.2 Å². The molecule has 570 valence electrons. The first-order valence-electron chi connectivity index (χ1n) is 38.0. The Morgan fingerprint density at radius 1 is 0.411 bits per heavy atom. The Morgan fingerprint density at radius 3 is 1.10 bits per heavy atom. The Hall–Kier alpha value is -9.32. The van der Waals surface area contributed by atoms with E-state index in [0.717, 1.165) is 212 Å². The molecule has 16 aromatic rings. The minimum Gasteiger partial charge on any atom is -0.505 e. The van der Waals surface area contributed by atoms with Crippen LogP contribution in [0, 0.1) is 20.8 Å². The summed E-state index contributed by atoms with van der Waals surface area (Å²) in [5.74, 6) is 4.59. The Labute approximate surface area is 685 Å². The van der Waals surface area contributed by atoms with Crippen LogP contribution in [0.15, 0.2) is 234 Å². The molecule has 7 aromatic heterocycles. The Kier molecular flexibility index (Phi) is 22.9. The molecule has 2 aliphatic heterocycles. The third-order valence-electron chi connectivity index (χ3n) is 21.2. The summed E-state index contributed by atoms with van der Waals surface area (Å²) in [4.78, 5) is 0. The van der Waals surface area contributed by atoms with E-state index in [1.807, 2.05) is 79.4 Å². The van der Waals surface area contributed by atoms with Crippen molar-refractivity contribution in [2.75, 3.05) is 33.0 Å². The van der Waals surface area contributed by atoms with E-state index in [2.05, 4.69) is 240 Å². The number of thiophene rings is 4. The van der Waals surface area contributed by atoms with Gasteiger partial charge in [-0.2, -0.15) is 0 Å². The van der Waals surface area contributed by atoms with Crippen LogP contribution in [0.3, 0.4) is 0 Å². The molecule has 1 unspecified atom stereocenters. The molecule has 18 rings (SSSR count). The van der Waals surface area contributed by atoms with Crippen molar-refractivity contribution in [2.45, 2.75) is 111 Å². The van der Waals surface area contributed by atoms with Crippen LogP contribution in [0.4, 0.5) is 0 Å². The number of nitrogens with zero attached hydrogens (tertiary/aromatic N) is 3. The van der Waals surface area contributed by atoms with Gasteiger partial charge in [0, 0.05) is 109 Å². The molecule has 2 aliphatic rings. The van der Waals surface area contributed by atoms with Crippen molar-refractivity contribution in [2.24, 2.45) is 0 Å². The Balaban J connectivity index is 0.000000148. The zero-order valence-electron chi connectivity index (χ0n) is 63.5. The second-order valence-electron chi connectivity index (χ2n) is 29.4. The van der Waals surface area contributed by atoms with Crippen LogP contribution < -0.4 is 29.1 Å². The molecular formula is C92H86BBr2N3O10S4. The highest BCUT2D eigenvalue weighted by molar-refractivity contribution is 9.11. The number of aryl methyl sites for hydroxylation is 3. The minimum absolute atomic E-state index is 0.224. The first-order valence-corrected chi connectivity index (χ1v) is 43.3. The van der Waals surface area contributed by atoms with Crippen LogP contribution in [0.1, 0.15) is 89.3 Å². The van der Waals surface area contributed by atoms with E-state index in [0.29, 0.717) is 19.8 Å². The van der Waals surface area contributed by atoms with Crippen molar-refractivity contribution in [1.82, 2.24) is 13.7 Å². The summed E-state index contributed by atoms with van der Waals surface area (Å²) in [6.45, 7) is 17.8. The number of para-hydroxylation sites is 6. The van der Waals surface area contributed by atoms with Gasteiger partial charge in [-0.1, -0.05) is 115 Å². The maximum absolute atomic E-state index is 11.9. The maximum Gasteiger partial charge on any atom is 0.498 e. The first kappa shape index (κ1) is 76.7. The van der Waals surface area contributed by atoms with Crippen LogP contribution in [0.25, 0.3) is 105 Å². The number of hydrogen-bond donors (Lipinski definition) is 2. The van der Waals surface area contributed by atoms with E-state index in [-0.39, 0.29) is 17.8 Å². The van der Waals surface area contributed by atoms with Crippen LogP contribution in [0.2, 0.25) is 0 Å². The molecule has 1 atom stereocenters. The van der Waals surface area contributed by atoms with Crippen molar-refractivity contribution >= 4 is 155 Å². The van der Waals surface area contributed by atoms with Crippen molar-refractivity contribution < 1.29 is 47.9 Å². The van der Waals surface area contributed by atoms with Gasteiger partial charge in [0.05, 0.1) is 103 Å². The molecule has 9 heterocycles. The van der Waals surface area contributed by atoms with Gasteiger partial charge in [-0.25, -0.2) is 0 Å². The summed E-state index contributed by atoms with van der Waals surface area (Å²) in [5, 5.41) is 47.0. The van der Waals surface area contributed by atoms with Crippen molar-refractivity contribution in [3.63, 3.8) is 0 Å². The standard InChI is InChI=1S/C50H40N2O4S2.C30H34BNO4.C12H12Br2O2S2/c1-31-23-37(49(53)45(25-31)51-41-17-7-3-13-33(41)34-14-4-8-18-42(34)51)39-27-57-29-47(39)55-21-11-12-22-56-48-30-58-28-40(48)38-24-32(2)26-46(50(38)54)52-43-19-9-5-15-35(43)36-16-6-10-20-44(36)52;1-20-18-23(31-35-29(2,3)30(4,5)36-31)28(34-27-16-10-11-17-33-27)26(19-20)32-24-14-8-6-12-21(24)22-13-7-9-15-25(22)32;13-9-5-17-7-11(9)15-3-1-2-4-16-12-8-18-6-10(12)14/h3-10,13-20,23-30,53-54H,11-12,21-22H2,1-2H3;6-9,12-15,18-19,27H,10-11,16-17H2,1-5H3;5-8H,1-4H2. The molecule has 0 spiro atoms. The lowest BCUT2D eigenvalue weighted by atomic mass is 9.77. The average molecular weight is 1690 g/mol. The number of unbranched alkanes of at least 4 members (excludes halogenated alkanes) is 2. The number of fused-ring (bicyclic) bond motifs is 9. The first-order chi connectivity index (χ1) is 54.5. The van der Waals surface area contributed by atoms with Gasteiger partial charge in [-0.3, -0.25) is 0 Å². The van der Waals surface area contributed by atoms with E-state index < -0.39 is 18.3 Å². The van der Waals surface area contributed by atoms with Crippen molar-refractivity contribution in [3.05, 3.63) is 251 Å². The van der Waals surface area contributed by atoms with Gasteiger partial charge in [0.25, 0.3) is 0 Å². The fourth-order valence-corrected chi connectivity index (χ4v) is 19.2. The van der Waals surface area contributed by atoms with Gasteiger partial charge in [0.1, 0.15) is 40.2 Å². The summed E-state index contributed by atoms with van der Waals surface area (Å²) < 4.78 is 58.6. The van der Waals surface area contributed by atoms with Crippen molar-refractivity contribution in [3.8, 4) is 79.6 Å². The fourth-order valence-electron chi connectivity index (χ4n) is 15.0. The number of rotatable bonds is 22. The third-order valence-corrected chi connectivity index (χ3v) is 25.9. The van der Waals surface area contributed by atoms with Crippen LogP contribution in [0.5, 0.6) is 40.2 Å². The van der Waals surface area contributed by atoms with Gasteiger partial charge in [-0.05, 0) is 202 Å². The van der Waals surface area contributed by atoms with E-state index in [1.54, 1.807) is 45.3 Å². The quantitative estimate of drug-likeness (QED) is 0.0500. The summed E-state index contributed by atoms with van der Waals surface area (Å²) in [5.41, 5.74) is 15.4. The normalized spacial score (nSPS) is 14.6. The highest BCUT2D eigenvalue weighted by Gasteiger charge is 2.53. The number of hydrogen-bond acceptors (Lipinski definition) is 14. The summed E-state index contributed by atoms with van der Waals surface area (Å²) in [7, 11) is -0.541. The largest absolute Gasteiger partial charge is 0.505 e. The van der Waals surface area contributed by atoms with E-state index in [1.165, 1.54) is 10.8 Å². The number of phenolic OH excluding ortho intramolecular Hbond substituents is 2. The second kappa shape index (κ2) is 33.4. The molecule has 2 fully saturated rings. The van der Waals surface area contributed by atoms with E-state index in [9.17, 15) is 10.2 Å². The van der Waals surface area contributed by atoms with E-state index in [4.69, 9.17) is 37.7 Å². The molecule has 0 saturated carbocycles. The molecule has 0 bridgehead atoms. The maximum atomic E-state index is 11.9. The number of aromatic hydroxyl groups is 2. The molecule has 112 heavy (non-hydrogen) atoms. The molecular weight excluding hydrogens is 1610 g/mol. The summed E-state index contributed by atoms with van der Waals surface area (Å²) in [6.07, 6.45) is 6.28. The molecule has 0 aliphatic carbocycles. The van der Waals surface area contributed by atoms with Crippen LogP contribution in [-0.2, 0) is 14.0 Å². The van der Waals surface area contributed by atoms with Gasteiger partial charge in [0.2, 0.25) is 0 Å². The predicted molar refractivity (Wildman–Crippen MR) is 471 cm³/mol. The number of benzene rings is 9. The van der Waals surface area contributed by atoms with Gasteiger partial charge in [0.15, 0.2) is 6.29 Å². The topological polar surface area (TPSA) is 129 Å².